The monoisotopic (exact) mass is 1050 g/mol. The van der Waals surface area contributed by atoms with E-state index < -0.39 is 47.3 Å². The SMILES string of the molecule is Cc1ncsc1-c1ccc(CNC(=O)[C@@H]2C[C@@H](O)CN2C(=O)[C@@H](NC(=O)CCOCCOCCC(=O)N2CCC(n3cc(-c4cnc(N)c(O[C@H](C)c5c(Cl)ccc(F)c5Cl)c4)cn3)CC2)C(C)(C)C)cc1. The van der Waals surface area contributed by atoms with Crippen LogP contribution in [0, 0.1) is 18.2 Å². The van der Waals surface area contributed by atoms with E-state index in [9.17, 15) is 28.7 Å². The standard InChI is InChI=1S/C51H62Cl2FN9O8S/c1-30-46(72-29-58-30)33-8-6-32(7-9-33)24-57-49(67)40-23-37(64)28-62(40)50(68)47(51(3,4)5)60-42(65)14-18-69-20-21-70-19-15-43(66)61-16-12-36(13-17-61)63-27-35(26-59-63)34-22-41(48(55)56-25-34)71-31(2)44-38(52)10-11-39(54)45(44)53/h6-11,22,25-27,29,31,36-37,40,47,64H,12-21,23-24,28H2,1-5H3,(H2,55,56)(H,57,67)(H,60,65)/t31-,37-,40+,47-/m1/s1. The molecule has 5 N–H and O–H groups in total. The summed E-state index contributed by atoms with van der Waals surface area (Å²) in [6.07, 6.45) is 5.39. The Morgan fingerprint density at radius 3 is 2.35 bits per heavy atom. The van der Waals surface area contributed by atoms with Crippen molar-refractivity contribution in [2.75, 3.05) is 51.8 Å². The van der Waals surface area contributed by atoms with Crippen LogP contribution in [0.1, 0.15) is 88.8 Å². The van der Waals surface area contributed by atoms with Crippen LogP contribution in [0.2, 0.25) is 10.0 Å². The zero-order chi connectivity index (χ0) is 51.7. The highest BCUT2D eigenvalue weighted by Crippen LogP contribution is 2.37. The van der Waals surface area contributed by atoms with E-state index in [1.165, 1.54) is 17.0 Å². The molecule has 21 heteroatoms. The summed E-state index contributed by atoms with van der Waals surface area (Å²) in [5, 5.41) is 21.1. The second-order valence-electron chi connectivity index (χ2n) is 19.1. The molecule has 4 atom stereocenters. The van der Waals surface area contributed by atoms with Crippen LogP contribution in [0.25, 0.3) is 21.6 Å². The summed E-state index contributed by atoms with van der Waals surface area (Å²) in [5.74, 6) is -1.40. The molecule has 0 radical (unpaired) electrons. The maximum atomic E-state index is 14.2. The predicted molar refractivity (Wildman–Crippen MR) is 273 cm³/mol. The summed E-state index contributed by atoms with van der Waals surface area (Å²) in [4.78, 5) is 66.5. The van der Waals surface area contributed by atoms with Gasteiger partial charge in [0, 0.05) is 73.1 Å². The first-order valence-corrected chi connectivity index (χ1v) is 25.6. The number of thiazole rings is 1. The molecule has 0 saturated carbocycles. The number of aliphatic hydroxyl groups excluding tert-OH is 1. The molecule has 72 heavy (non-hydrogen) atoms. The van der Waals surface area contributed by atoms with Crippen LogP contribution >= 0.6 is 34.5 Å². The van der Waals surface area contributed by atoms with Gasteiger partial charge < -0.3 is 45.5 Å². The van der Waals surface area contributed by atoms with Crippen LogP contribution in [0.3, 0.4) is 0 Å². The number of ether oxygens (including phenoxy) is 3. The molecule has 2 aliphatic heterocycles. The Bertz CT molecular complexity index is 2690. The lowest BCUT2D eigenvalue weighted by Crippen LogP contribution is -2.57. The Morgan fingerprint density at radius 2 is 1.67 bits per heavy atom. The highest BCUT2D eigenvalue weighted by Gasteiger charge is 2.44. The molecule has 5 heterocycles. The fourth-order valence-electron chi connectivity index (χ4n) is 8.76. The molecule has 5 aromatic rings. The van der Waals surface area contributed by atoms with Gasteiger partial charge in [-0.2, -0.15) is 5.10 Å². The van der Waals surface area contributed by atoms with Gasteiger partial charge in [-0.25, -0.2) is 14.4 Å². The third-order valence-corrected chi connectivity index (χ3v) is 14.5. The lowest BCUT2D eigenvalue weighted by atomic mass is 9.85. The van der Waals surface area contributed by atoms with Crippen molar-refractivity contribution in [2.24, 2.45) is 5.41 Å². The second kappa shape index (κ2) is 24.3. The number of nitrogens with zero attached hydrogens (tertiary/aromatic N) is 6. The van der Waals surface area contributed by atoms with Crippen molar-refractivity contribution in [3.05, 3.63) is 99.2 Å². The maximum Gasteiger partial charge on any atom is 0.246 e. The minimum Gasteiger partial charge on any atom is -0.482 e. The number of likely N-dealkylation sites (tertiary alicyclic amines) is 2. The fraction of sp³-hybridized carbons (Fsp3) is 0.471. The van der Waals surface area contributed by atoms with E-state index in [1.54, 1.807) is 42.2 Å². The molecular formula is C51H62Cl2FN9O8S. The lowest BCUT2D eigenvalue weighted by molar-refractivity contribution is -0.144. The molecule has 4 amide bonds. The summed E-state index contributed by atoms with van der Waals surface area (Å²) in [6.45, 7) is 11.2. The minimum absolute atomic E-state index is 0.00906. The predicted octanol–water partition coefficient (Wildman–Crippen LogP) is 7.33. The first-order chi connectivity index (χ1) is 34.4. The van der Waals surface area contributed by atoms with Gasteiger partial charge in [-0.3, -0.25) is 23.9 Å². The first-order valence-electron chi connectivity index (χ1n) is 24.0. The molecule has 7 rings (SSSR count). The number of piperidine rings is 1. The number of anilines is 1. The summed E-state index contributed by atoms with van der Waals surface area (Å²) in [7, 11) is 0. The van der Waals surface area contributed by atoms with Gasteiger partial charge >= 0.3 is 0 Å². The summed E-state index contributed by atoms with van der Waals surface area (Å²) in [5.41, 5.74) is 11.9. The van der Waals surface area contributed by atoms with Crippen molar-refractivity contribution in [3.8, 4) is 27.3 Å². The number of rotatable bonds is 20. The Balaban J connectivity index is 0.780. The van der Waals surface area contributed by atoms with Crippen molar-refractivity contribution in [1.29, 1.82) is 0 Å². The van der Waals surface area contributed by atoms with Crippen LogP contribution in [-0.4, -0.2) is 123 Å². The van der Waals surface area contributed by atoms with E-state index in [1.807, 2.05) is 67.7 Å². The van der Waals surface area contributed by atoms with Gasteiger partial charge in [0.25, 0.3) is 0 Å². The van der Waals surface area contributed by atoms with Crippen molar-refractivity contribution < 1.29 is 42.9 Å². The first kappa shape index (κ1) is 54.1. The molecule has 17 nitrogen and oxygen atoms in total. The molecule has 3 aromatic heterocycles. The zero-order valence-corrected chi connectivity index (χ0v) is 43.4. The average molecular weight is 1050 g/mol. The number of aromatic nitrogens is 4. The minimum atomic E-state index is -0.958. The molecule has 2 fully saturated rings. The van der Waals surface area contributed by atoms with Crippen molar-refractivity contribution in [3.63, 3.8) is 0 Å². The van der Waals surface area contributed by atoms with Crippen molar-refractivity contribution in [1.82, 2.24) is 40.2 Å². The smallest absolute Gasteiger partial charge is 0.246 e. The quantitative estimate of drug-likeness (QED) is 0.0445. The van der Waals surface area contributed by atoms with Gasteiger partial charge in [-0.15, -0.1) is 11.3 Å². The van der Waals surface area contributed by atoms with Crippen molar-refractivity contribution >= 4 is 64.0 Å². The van der Waals surface area contributed by atoms with E-state index in [4.69, 9.17) is 43.1 Å². The molecule has 2 saturated heterocycles. The molecular weight excluding hydrogens is 989 g/mol. The van der Waals surface area contributed by atoms with Gasteiger partial charge in [0.2, 0.25) is 23.6 Å². The number of nitrogens with two attached hydrogens (primary N) is 1. The molecule has 0 spiro atoms. The van der Waals surface area contributed by atoms with Crippen molar-refractivity contribution in [2.45, 2.75) is 104 Å². The summed E-state index contributed by atoms with van der Waals surface area (Å²) in [6, 6.07) is 10.4. The number of aliphatic hydroxyl groups is 1. The molecule has 0 bridgehead atoms. The lowest BCUT2D eigenvalue weighted by Gasteiger charge is -2.35. The van der Waals surface area contributed by atoms with E-state index in [0.717, 1.165) is 27.3 Å². The van der Waals surface area contributed by atoms with E-state index >= 15 is 0 Å². The zero-order valence-electron chi connectivity index (χ0n) is 41.0. The number of hydrogen-bond donors (Lipinski definition) is 4. The van der Waals surface area contributed by atoms with Crippen LogP contribution < -0.4 is 21.1 Å². The van der Waals surface area contributed by atoms with Crippen LogP contribution in [0.4, 0.5) is 10.2 Å². The normalized spacial score (nSPS) is 17.2. The molecule has 2 aliphatic rings. The second-order valence-corrected chi connectivity index (χ2v) is 20.8. The van der Waals surface area contributed by atoms with E-state index in [2.05, 4.69) is 25.7 Å². The number of pyridine rings is 1. The van der Waals surface area contributed by atoms with E-state index in [0.29, 0.717) is 37.1 Å². The number of carbonyl (C=O) groups is 4. The number of aryl methyl sites for hydroxylation is 1. The summed E-state index contributed by atoms with van der Waals surface area (Å²) >= 11 is 14.1. The Hall–Kier alpha value is -5.70. The largest absolute Gasteiger partial charge is 0.482 e. The van der Waals surface area contributed by atoms with Crippen LogP contribution in [0.5, 0.6) is 5.75 Å². The number of benzene rings is 2. The van der Waals surface area contributed by atoms with Gasteiger partial charge in [0.15, 0.2) is 11.6 Å². The van der Waals surface area contributed by atoms with Gasteiger partial charge in [-0.1, -0.05) is 68.2 Å². The van der Waals surface area contributed by atoms with Gasteiger partial charge in [0.1, 0.15) is 24.0 Å². The van der Waals surface area contributed by atoms with Crippen LogP contribution in [-0.2, 0) is 35.2 Å². The fourth-order valence-corrected chi connectivity index (χ4v) is 10.2. The van der Waals surface area contributed by atoms with E-state index in [-0.39, 0.29) is 98.2 Å². The molecule has 0 unspecified atom stereocenters. The Labute approximate surface area is 432 Å². The number of nitrogen functional groups attached to an aromatic ring is 1. The molecule has 386 valence electrons. The Morgan fingerprint density at radius 1 is 0.958 bits per heavy atom. The highest BCUT2D eigenvalue weighted by molar-refractivity contribution is 7.13. The van der Waals surface area contributed by atoms with Gasteiger partial charge in [0.05, 0.1) is 72.3 Å². The van der Waals surface area contributed by atoms with Gasteiger partial charge in [-0.05, 0) is 61.4 Å². The molecule has 2 aromatic carbocycles. The third-order valence-electron chi connectivity index (χ3n) is 12.8. The number of carbonyl (C=O) groups excluding carboxylic acids is 4. The Kier molecular flexibility index (Phi) is 18.3. The maximum absolute atomic E-state index is 14.2. The topological polar surface area (TPSA) is 216 Å². The summed E-state index contributed by atoms with van der Waals surface area (Å²) < 4.78 is 33.4. The number of hydrogen-bond acceptors (Lipinski definition) is 13. The number of nitrogens with one attached hydrogen (secondary N) is 2. The number of amides is 4. The highest BCUT2D eigenvalue weighted by atomic mass is 35.5. The molecule has 0 aliphatic carbocycles. The average Bonchev–Trinajstić information content (AvgIpc) is 4.13. The van der Waals surface area contributed by atoms with Crippen LogP contribution in [0.15, 0.2) is 66.6 Å². The third kappa shape index (κ3) is 13.7. The number of β-amino-alcohol motifs (C(OH)–C–C–N with tert-alkyl or cyclic N) is 1. The number of halogens is 3.